The van der Waals surface area contributed by atoms with Gasteiger partial charge in [-0.2, -0.15) is 0 Å². The minimum Gasteiger partial charge on any atom is -0.911 e. The molecule has 0 aliphatic heterocycles. The maximum Gasteiger partial charge on any atom is 2.00 e. The van der Waals surface area contributed by atoms with E-state index < -0.39 is 0 Å². The zero-order chi connectivity index (χ0) is 4.99. The Hall–Kier alpha value is 0.0983. The number of hydrogen-bond donors (Lipinski definition) is 0. The Labute approximate surface area is 58.6 Å². The molecule has 0 aromatic rings. The fraction of sp³-hybridized carbons (Fsp3) is 0.400. The molecule has 0 saturated carbocycles. The first-order valence-electron chi connectivity index (χ1n) is 1.80. The minimum atomic E-state index is 0. The molecule has 0 fully saturated rings. The van der Waals surface area contributed by atoms with Crippen LogP contribution in [0.2, 0.25) is 0 Å². The van der Waals surface area contributed by atoms with Crippen LogP contribution in [0.4, 0.5) is 0 Å². The Morgan fingerprint density at radius 1 is 1.71 bits per heavy atom. The van der Waals surface area contributed by atoms with Crippen molar-refractivity contribution in [1.82, 2.24) is 0 Å². The molecule has 0 unspecified atom stereocenters. The standard InChI is InChI=1S/C5H7N.W/c1-3-5(2)4-6;/h4H,1-2H3;/q-2;+2. The molecule has 2 heteroatoms. The Morgan fingerprint density at radius 3 is 2.14 bits per heavy atom. The van der Waals surface area contributed by atoms with Crippen LogP contribution in [-0.4, -0.2) is 6.21 Å². The second-order valence-electron chi connectivity index (χ2n) is 1.06. The van der Waals surface area contributed by atoms with Gasteiger partial charge < -0.3 is 11.6 Å². The molecule has 0 atom stereocenters. The third kappa shape index (κ3) is 6.10. The third-order valence-electron chi connectivity index (χ3n) is 0.588. The van der Waals surface area contributed by atoms with E-state index in [0.29, 0.717) is 0 Å². The van der Waals surface area contributed by atoms with Gasteiger partial charge in [0.2, 0.25) is 0 Å². The quantitative estimate of drug-likeness (QED) is 0.505. The van der Waals surface area contributed by atoms with E-state index in [2.05, 4.69) is 6.08 Å². The number of nitrogens with zero attached hydrogens (tertiary/aromatic N) is 1. The molecule has 0 N–H and O–H groups in total. The minimum absolute atomic E-state index is 0. The summed E-state index contributed by atoms with van der Waals surface area (Å²) in [4.78, 5) is 0. The second kappa shape index (κ2) is 6.10. The number of allylic oxidation sites excluding steroid dienone is 2. The van der Waals surface area contributed by atoms with Crippen LogP contribution in [0.1, 0.15) is 13.8 Å². The summed E-state index contributed by atoms with van der Waals surface area (Å²) in [5.74, 6) is 0. The molecule has 0 spiro atoms. The van der Waals surface area contributed by atoms with Crippen LogP contribution < -0.4 is 0 Å². The van der Waals surface area contributed by atoms with E-state index in [4.69, 9.17) is 5.41 Å². The third-order valence-corrected chi connectivity index (χ3v) is 0.588. The molecule has 0 radical (unpaired) electrons. The first-order valence-corrected chi connectivity index (χ1v) is 1.80. The molecule has 0 bridgehead atoms. The summed E-state index contributed by atoms with van der Waals surface area (Å²) in [5, 5.41) is 8.11. The zero-order valence-electron chi connectivity index (χ0n) is 4.43. The van der Waals surface area contributed by atoms with Crippen LogP contribution in [0, 0.1) is 6.08 Å². The van der Waals surface area contributed by atoms with E-state index in [1.165, 1.54) is 0 Å². The summed E-state index contributed by atoms with van der Waals surface area (Å²) in [6.07, 6.45) is 3.75. The molecular weight excluding hydrogens is 258 g/mol. The predicted octanol–water partition coefficient (Wildman–Crippen LogP) is 1.39. The van der Waals surface area contributed by atoms with Gasteiger partial charge in [0.15, 0.2) is 0 Å². The molecule has 0 rings (SSSR count). The SMILES string of the molecule is C[C-]=C(C)C=[N-].[W+2]. The first-order chi connectivity index (χ1) is 2.81. The molecule has 0 heterocycles. The van der Waals surface area contributed by atoms with Gasteiger partial charge in [-0.1, -0.05) is 6.92 Å². The van der Waals surface area contributed by atoms with Crippen LogP contribution in [0.25, 0.3) is 5.41 Å². The summed E-state index contributed by atoms with van der Waals surface area (Å²) >= 11 is 0. The molecule has 0 aliphatic rings. The van der Waals surface area contributed by atoms with Gasteiger partial charge in [0, 0.05) is 0 Å². The van der Waals surface area contributed by atoms with Crippen molar-refractivity contribution in [1.29, 1.82) is 0 Å². The van der Waals surface area contributed by atoms with E-state index in [1.807, 2.05) is 0 Å². The van der Waals surface area contributed by atoms with E-state index >= 15 is 0 Å². The van der Waals surface area contributed by atoms with Crippen molar-refractivity contribution in [2.24, 2.45) is 0 Å². The molecule has 0 saturated heterocycles. The molecule has 0 aliphatic carbocycles. The number of hydrogen-bond acceptors (Lipinski definition) is 0. The van der Waals surface area contributed by atoms with Crippen LogP contribution >= 0.6 is 0 Å². The van der Waals surface area contributed by atoms with Gasteiger partial charge in [0.05, 0.1) is 0 Å². The Balaban J connectivity index is 0. The van der Waals surface area contributed by atoms with Gasteiger partial charge >= 0.3 is 21.1 Å². The molecule has 1 nitrogen and oxygen atoms in total. The average Bonchev–Trinajstić information content (AvgIpc) is 1.65. The van der Waals surface area contributed by atoms with Crippen molar-refractivity contribution in [3.05, 3.63) is 17.1 Å². The summed E-state index contributed by atoms with van der Waals surface area (Å²) in [6, 6.07) is 0. The zero-order valence-corrected chi connectivity index (χ0v) is 7.37. The van der Waals surface area contributed by atoms with E-state index in [9.17, 15) is 0 Å². The van der Waals surface area contributed by atoms with Gasteiger partial charge in [-0.25, -0.2) is 0 Å². The second-order valence-corrected chi connectivity index (χ2v) is 1.06. The smallest absolute Gasteiger partial charge is 0.911 e. The molecule has 0 aromatic carbocycles. The van der Waals surface area contributed by atoms with Crippen molar-refractivity contribution in [2.75, 3.05) is 0 Å². The Morgan fingerprint density at radius 2 is 2.14 bits per heavy atom. The van der Waals surface area contributed by atoms with Crippen molar-refractivity contribution >= 4 is 6.21 Å². The van der Waals surface area contributed by atoms with Gasteiger partial charge in [-0.3, -0.25) is 11.6 Å². The maximum atomic E-state index is 8.11. The summed E-state index contributed by atoms with van der Waals surface area (Å²) < 4.78 is 0. The Kier molecular flexibility index (Phi) is 8.85. The normalized spacial score (nSPS) is 9.71. The van der Waals surface area contributed by atoms with Crippen molar-refractivity contribution in [3.63, 3.8) is 0 Å². The van der Waals surface area contributed by atoms with E-state index in [1.54, 1.807) is 13.8 Å². The first kappa shape index (κ1) is 10.2. The van der Waals surface area contributed by atoms with E-state index in [0.717, 1.165) is 11.8 Å². The molecule has 7 heavy (non-hydrogen) atoms. The van der Waals surface area contributed by atoms with Crippen LogP contribution in [-0.2, 0) is 21.1 Å². The van der Waals surface area contributed by atoms with Crippen LogP contribution in [0.15, 0.2) is 5.57 Å². The summed E-state index contributed by atoms with van der Waals surface area (Å²) in [5.41, 5.74) is 0.773. The topological polar surface area (TPSA) is 22.3 Å². The fourth-order valence-electron chi connectivity index (χ4n) is 0.0645. The van der Waals surface area contributed by atoms with E-state index in [-0.39, 0.29) is 21.1 Å². The number of rotatable bonds is 1. The van der Waals surface area contributed by atoms with Crippen LogP contribution in [0.3, 0.4) is 0 Å². The molecule has 38 valence electrons. The Bertz CT molecular complexity index is 76.1. The van der Waals surface area contributed by atoms with Gasteiger partial charge in [-0.15, -0.1) is 6.92 Å². The summed E-state index contributed by atoms with van der Waals surface area (Å²) in [6.45, 7) is 3.53. The fourth-order valence-corrected chi connectivity index (χ4v) is 0.0645. The van der Waals surface area contributed by atoms with Crippen molar-refractivity contribution in [2.45, 2.75) is 13.8 Å². The van der Waals surface area contributed by atoms with Crippen LogP contribution in [0.5, 0.6) is 0 Å². The van der Waals surface area contributed by atoms with Gasteiger partial charge in [0.1, 0.15) is 0 Å². The average molecular weight is 265 g/mol. The van der Waals surface area contributed by atoms with Crippen molar-refractivity contribution in [3.8, 4) is 0 Å². The summed E-state index contributed by atoms with van der Waals surface area (Å²) in [7, 11) is 0. The van der Waals surface area contributed by atoms with Gasteiger partial charge in [0.25, 0.3) is 0 Å². The largest absolute Gasteiger partial charge is 2.00 e. The monoisotopic (exact) mass is 265 g/mol. The molecule has 0 amide bonds. The maximum absolute atomic E-state index is 8.11. The van der Waals surface area contributed by atoms with Gasteiger partial charge in [-0.05, 0) is 0 Å². The molecular formula is C5H7NW. The van der Waals surface area contributed by atoms with Crippen molar-refractivity contribution < 1.29 is 21.1 Å². The predicted molar refractivity (Wildman–Crippen MR) is 27.5 cm³/mol. The molecule has 0 aromatic heterocycles.